The molecule has 2 heterocycles. The molecule has 0 saturated carbocycles. The summed E-state index contributed by atoms with van der Waals surface area (Å²) in [5.41, 5.74) is 1.95. The van der Waals surface area contributed by atoms with Crippen molar-refractivity contribution in [1.29, 1.82) is 0 Å². The molecule has 0 radical (unpaired) electrons. The second-order valence-electron chi connectivity index (χ2n) is 5.40. The first-order valence-corrected chi connectivity index (χ1v) is 6.66. The highest BCUT2D eigenvalue weighted by Crippen LogP contribution is 2.29. The van der Waals surface area contributed by atoms with Crippen molar-refractivity contribution in [3.8, 4) is 0 Å². The molecule has 1 aromatic heterocycles. The van der Waals surface area contributed by atoms with Gasteiger partial charge in [0.2, 0.25) is 5.95 Å². The Kier molecular flexibility index (Phi) is 3.29. The third-order valence-corrected chi connectivity index (χ3v) is 3.73. The van der Waals surface area contributed by atoms with Crippen molar-refractivity contribution in [3.05, 3.63) is 24.3 Å². The Morgan fingerprint density at radius 3 is 2.68 bits per heavy atom. The third kappa shape index (κ3) is 2.81. The van der Waals surface area contributed by atoms with Gasteiger partial charge in [-0.15, -0.1) is 10.2 Å². The molecule has 1 aliphatic heterocycles. The fourth-order valence-corrected chi connectivity index (χ4v) is 2.29. The molecule has 1 saturated heterocycles. The second kappa shape index (κ2) is 5.09. The molecule has 100 valence electrons. The number of ether oxygens (including phenoxy) is 1. The molecule has 5 nitrogen and oxygen atoms in total. The van der Waals surface area contributed by atoms with Gasteiger partial charge in [0.05, 0.1) is 5.52 Å². The standard InChI is InChI=1S/C14H18N4O/c1-14(6-8-19-9-7-14)10-15-13-16-11-4-2-3-5-12(11)17-18-13/h2-5H,6-10H2,1H3,(H,15,16,18). The lowest BCUT2D eigenvalue weighted by molar-refractivity contribution is 0.0299. The average Bonchev–Trinajstić information content (AvgIpc) is 2.46. The molecule has 3 rings (SSSR count). The van der Waals surface area contributed by atoms with E-state index in [0.717, 1.165) is 43.6 Å². The van der Waals surface area contributed by atoms with Gasteiger partial charge in [0, 0.05) is 19.8 Å². The van der Waals surface area contributed by atoms with Crippen LogP contribution in [0, 0.1) is 5.41 Å². The van der Waals surface area contributed by atoms with Crippen LogP contribution in [0.2, 0.25) is 0 Å². The molecule has 0 aliphatic carbocycles. The normalized spacial score (nSPS) is 18.4. The Labute approximate surface area is 112 Å². The van der Waals surface area contributed by atoms with Crippen molar-refractivity contribution in [2.75, 3.05) is 25.1 Å². The molecule has 1 fully saturated rings. The minimum atomic E-state index is 0.257. The molecule has 0 unspecified atom stereocenters. The van der Waals surface area contributed by atoms with E-state index in [0.29, 0.717) is 5.95 Å². The Bertz CT molecular complexity index is 566. The fourth-order valence-electron chi connectivity index (χ4n) is 2.29. The number of para-hydroxylation sites is 1. The van der Waals surface area contributed by atoms with Gasteiger partial charge in [-0.25, -0.2) is 4.98 Å². The molecule has 0 amide bonds. The highest BCUT2D eigenvalue weighted by Gasteiger charge is 2.27. The lowest BCUT2D eigenvalue weighted by Gasteiger charge is -2.33. The van der Waals surface area contributed by atoms with Crippen molar-refractivity contribution < 1.29 is 4.74 Å². The van der Waals surface area contributed by atoms with Crippen molar-refractivity contribution in [2.45, 2.75) is 19.8 Å². The van der Waals surface area contributed by atoms with E-state index in [1.165, 1.54) is 0 Å². The zero-order valence-corrected chi connectivity index (χ0v) is 11.1. The number of fused-ring (bicyclic) bond motifs is 1. The second-order valence-corrected chi connectivity index (χ2v) is 5.40. The lowest BCUT2D eigenvalue weighted by Crippen LogP contribution is -2.33. The van der Waals surface area contributed by atoms with Gasteiger partial charge in [-0.3, -0.25) is 0 Å². The smallest absolute Gasteiger partial charge is 0.243 e. The van der Waals surface area contributed by atoms with Gasteiger partial charge in [0.25, 0.3) is 0 Å². The molecular weight excluding hydrogens is 240 g/mol. The number of benzene rings is 1. The third-order valence-electron chi connectivity index (χ3n) is 3.73. The van der Waals surface area contributed by atoms with Crippen molar-refractivity contribution in [1.82, 2.24) is 15.2 Å². The van der Waals surface area contributed by atoms with Crippen LogP contribution in [0.5, 0.6) is 0 Å². The van der Waals surface area contributed by atoms with Crippen LogP contribution in [0.4, 0.5) is 5.95 Å². The molecule has 1 aromatic carbocycles. The van der Waals surface area contributed by atoms with Gasteiger partial charge < -0.3 is 10.1 Å². The maximum absolute atomic E-state index is 5.40. The van der Waals surface area contributed by atoms with E-state index < -0.39 is 0 Å². The summed E-state index contributed by atoms with van der Waals surface area (Å²) in [6.45, 7) is 4.82. The molecule has 0 bridgehead atoms. The first-order chi connectivity index (χ1) is 9.25. The largest absolute Gasteiger partial charge is 0.381 e. The van der Waals surface area contributed by atoms with Crippen LogP contribution < -0.4 is 5.32 Å². The van der Waals surface area contributed by atoms with Gasteiger partial charge in [-0.2, -0.15) is 0 Å². The van der Waals surface area contributed by atoms with E-state index in [1.807, 2.05) is 24.3 Å². The van der Waals surface area contributed by atoms with Gasteiger partial charge in [-0.1, -0.05) is 19.1 Å². The van der Waals surface area contributed by atoms with E-state index in [-0.39, 0.29) is 5.41 Å². The van der Waals surface area contributed by atoms with E-state index in [9.17, 15) is 0 Å². The molecule has 0 atom stereocenters. The number of hydrogen-bond acceptors (Lipinski definition) is 5. The number of aromatic nitrogens is 3. The zero-order chi connectivity index (χ0) is 13.1. The Balaban J connectivity index is 1.71. The number of nitrogens with zero attached hydrogens (tertiary/aromatic N) is 3. The first-order valence-electron chi connectivity index (χ1n) is 6.66. The van der Waals surface area contributed by atoms with Crippen LogP contribution in [0.25, 0.3) is 11.0 Å². The Hall–Kier alpha value is -1.75. The summed E-state index contributed by atoms with van der Waals surface area (Å²) < 4.78 is 5.40. The van der Waals surface area contributed by atoms with Crippen molar-refractivity contribution in [3.63, 3.8) is 0 Å². The molecule has 5 heteroatoms. The quantitative estimate of drug-likeness (QED) is 0.915. The van der Waals surface area contributed by atoms with Gasteiger partial charge in [-0.05, 0) is 30.4 Å². The van der Waals surface area contributed by atoms with E-state index in [4.69, 9.17) is 4.74 Å². The number of rotatable bonds is 3. The molecule has 0 spiro atoms. The summed E-state index contributed by atoms with van der Waals surface area (Å²) in [5, 5.41) is 11.6. The summed E-state index contributed by atoms with van der Waals surface area (Å²) in [6, 6.07) is 7.76. The SMILES string of the molecule is CC1(CNc2nnc3ccccc3n2)CCOCC1. The van der Waals surface area contributed by atoms with Crippen LogP contribution in [-0.2, 0) is 4.74 Å². The molecule has 19 heavy (non-hydrogen) atoms. The Morgan fingerprint density at radius 2 is 1.89 bits per heavy atom. The maximum Gasteiger partial charge on any atom is 0.243 e. The lowest BCUT2D eigenvalue weighted by atomic mass is 9.82. The highest BCUT2D eigenvalue weighted by molar-refractivity contribution is 5.73. The topological polar surface area (TPSA) is 59.9 Å². The van der Waals surface area contributed by atoms with Crippen molar-refractivity contribution in [2.24, 2.45) is 5.41 Å². The predicted octanol–water partition coefficient (Wildman–Crippen LogP) is 2.25. The maximum atomic E-state index is 5.40. The first kappa shape index (κ1) is 12.3. The van der Waals surface area contributed by atoms with E-state index >= 15 is 0 Å². The van der Waals surface area contributed by atoms with Crippen LogP contribution in [0.3, 0.4) is 0 Å². The van der Waals surface area contributed by atoms with Gasteiger partial charge in [0.15, 0.2) is 0 Å². The minimum Gasteiger partial charge on any atom is -0.381 e. The summed E-state index contributed by atoms with van der Waals surface area (Å²) in [5.74, 6) is 0.603. The summed E-state index contributed by atoms with van der Waals surface area (Å²) >= 11 is 0. The summed E-state index contributed by atoms with van der Waals surface area (Å²) in [7, 11) is 0. The molecule has 1 N–H and O–H groups in total. The molecular formula is C14H18N4O. The molecule has 2 aromatic rings. The van der Waals surface area contributed by atoms with E-state index in [1.54, 1.807) is 0 Å². The molecule has 1 aliphatic rings. The Morgan fingerprint density at radius 1 is 1.16 bits per heavy atom. The van der Waals surface area contributed by atoms with Crippen LogP contribution in [0.15, 0.2) is 24.3 Å². The van der Waals surface area contributed by atoms with Crippen molar-refractivity contribution >= 4 is 17.0 Å². The van der Waals surface area contributed by atoms with E-state index in [2.05, 4.69) is 27.4 Å². The summed E-state index contributed by atoms with van der Waals surface area (Å²) in [4.78, 5) is 4.47. The number of hydrogen-bond donors (Lipinski definition) is 1. The highest BCUT2D eigenvalue weighted by atomic mass is 16.5. The fraction of sp³-hybridized carbons (Fsp3) is 0.500. The number of nitrogens with one attached hydrogen (secondary N) is 1. The minimum absolute atomic E-state index is 0.257. The predicted molar refractivity (Wildman–Crippen MR) is 74.0 cm³/mol. The van der Waals surface area contributed by atoms with Gasteiger partial charge >= 0.3 is 0 Å². The van der Waals surface area contributed by atoms with Crippen LogP contribution in [-0.4, -0.2) is 34.9 Å². The summed E-state index contributed by atoms with van der Waals surface area (Å²) in [6.07, 6.45) is 2.14. The average molecular weight is 258 g/mol. The monoisotopic (exact) mass is 258 g/mol. The zero-order valence-electron chi connectivity index (χ0n) is 11.1. The van der Waals surface area contributed by atoms with Gasteiger partial charge in [0.1, 0.15) is 5.52 Å². The number of anilines is 1. The van der Waals surface area contributed by atoms with Crippen LogP contribution in [0.1, 0.15) is 19.8 Å². The van der Waals surface area contributed by atoms with Crippen LogP contribution >= 0.6 is 0 Å².